The molecule has 152 valence electrons. The highest BCUT2D eigenvalue weighted by atomic mass is 16.2. The third-order valence-electron chi connectivity index (χ3n) is 6.75. The number of pyridine rings is 1. The number of nitrogens with one attached hydrogen (secondary N) is 1. The fourth-order valence-corrected chi connectivity index (χ4v) is 4.98. The van der Waals surface area contributed by atoms with Crippen molar-refractivity contribution in [2.45, 2.75) is 62.8 Å². The predicted octanol–water partition coefficient (Wildman–Crippen LogP) is 1.71. The molecule has 29 heavy (non-hydrogen) atoms. The van der Waals surface area contributed by atoms with E-state index in [0.717, 1.165) is 62.2 Å². The van der Waals surface area contributed by atoms with Crippen LogP contribution in [0.4, 0.5) is 0 Å². The molecule has 0 radical (unpaired) electrons. The Balaban J connectivity index is 1.35. The molecule has 7 nitrogen and oxygen atoms in total. The monoisotopic (exact) mass is 394 g/mol. The molecule has 5 rings (SSSR count). The van der Waals surface area contributed by atoms with Crippen molar-refractivity contribution in [2.75, 3.05) is 13.1 Å². The number of hydrogen-bond acceptors (Lipinski definition) is 4. The number of piperidine rings is 1. The Bertz CT molecular complexity index is 1070. The summed E-state index contributed by atoms with van der Waals surface area (Å²) in [5.74, 6) is 1.30. The first-order valence-electron chi connectivity index (χ1n) is 10.6. The molecule has 1 amide bonds. The zero-order valence-corrected chi connectivity index (χ0v) is 16.5. The van der Waals surface area contributed by atoms with E-state index in [0.29, 0.717) is 25.4 Å². The number of aromatic nitrogens is 3. The minimum absolute atomic E-state index is 0.0145. The lowest BCUT2D eigenvalue weighted by Crippen LogP contribution is -2.48. The molecule has 0 aromatic carbocycles. The van der Waals surface area contributed by atoms with E-state index < -0.39 is 0 Å². The van der Waals surface area contributed by atoms with Gasteiger partial charge in [-0.25, -0.2) is 4.98 Å². The van der Waals surface area contributed by atoms with E-state index in [9.17, 15) is 14.4 Å². The average Bonchev–Trinajstić information content (AvgIpc) is 3.52. The predicted molar refractivity (Wildman–Crippen MR) is 108 cm³/mol. The smallest absolute Gasteiger partial charge is 0.254 e. The first kappa shape index (κ1) is 18.3. The normalized spacial score (nSPS) is 23.4. The zero-order valence-electron chi connectivity index (χ0n) is 16.5. The maximum Gasteiger partial charge on any atom is 0.254 e. The zero-order chi connectivity index (χ0) is 20.0. The standard InChI is InChI=1S/C22H26N4O3/c27-17-4-1-2-11-25(17)13-8-18(28)26-12-3-9-22(14-26)10-7-16-19(22)23-20(15-5-6-15)24-21(16)29/h1-2,4,11,15H,3,5-10,12-14H2,(H,23,24,29). The molecular weight excluding hydrogens is 368 g/mol. The highest BCUT2D eigenvalue weighted by Gasteiger charge is 2.46. The van der Waals surface area contributed by atoms with E-state index in [2.05, 4.69) is 4.98 Å². The molecule has 7 heteroatoms. The molecule has 1 unspecified atom stereocenters. The summed E-state index contributed by atoms with van der Waals surface area (Å²) in [7, 11) is 0. The van der Waals surface area contributed by atoms with Gasteiger partial charge in [0.1, 0.15) is 5.82 Å². The topological polar surface area (TPSA) is 88.1 Å². The van der Waals surface area contributed by atoms with E-state index in [-0.39, 0.29) is 22.4 Å². The van der Waals surface area contributed by atoms with Gasteiger partial charge >= 0.3 is 0 Å². The van der Waals surface area contributed by atoms with Crippen molar-refractivity contribution in [3.05, 3.63) is 62.2 Å². The van der Waals surface area contributed by atoms with Crippen LogP contribution in [0.5, 0.6) is 0 Å². The van der Waals surface area contributed by atoms with Gasteiger partial charge in [-0.1, -0.05) is 6.07 Å². The summed E-state index contributed by atoms with van der Waals surface area (Å²) in [4.78, 5) is 47.2. The van der Waals surface area contributed by atoms with Crippen molar-refractivity contribution in [2.24, 2.45) is 0 Å². The van der Waals surface area contributed by atoms with Crippen molar-refractivity contribution in [1.82, 2.24) is 19.4 Å². The highest BCUT2D eigenvalue weighted by Crippen LogP contribution is 2.45. The van der Waals surface area contributed by atoms with Crippen LogP contribution in [0.25, 0.3) is 0 Å². The van der Waals surface area contributed by atoms with Gasteiger partial charge in [-0.15, -0.1) is 0 Å². The summed E-state index contributed by atoms with van der Waals surface area (Å²) >= 11 is 0. The van der Waals surface area contributed by atoms with Crippen LogP contribution in [-0.2, 0) is 23.2 Å². The van der Waals surface area contributed by atoms with Crippen LogP contribution in [0.2, 0.25) is 0 Å². The summed E-state index contributed by atoms with van der Waals surface area (Å²) < 4.78 is 1.57. The molecule has 2 aliphatic carbocycles. The van der Waals surface area contributed by atoms with Gasteiger partial charge < -0.3 is 14.5 Å². The lowest BCUT2D eigenvalue weighted by Gasteiger charge is -2.40. The van der Waals surface area contributed by atoms with E-state index in [1.165, 1.54) is 6.07 Å². The summed E-state index contributed by atoms with van der Waals surface area (Å²) in [5.41, 5.74) is 1.50. The molecule has 1 saturated carbocycles. The summed E-state index contributed by atoms with van der Waals surface area (Å²) in [5, 5.41) is 0. The van der Waals surface area contributed by atoms with Crippen molar-refractivity contribution in [3.8, 4) is 0 Å². The number of carbonyl (C=O) groups excluding carboxylic acids is 1. The summed E-state index contributed by atoms with van der Waals surface area (Å²) in [6, 6.07) is 5.02. The highest BCUT2D eigenvalue weighted by molar-refractivity contribution is 5.76. The second-order valence-corrected chi connectivity index (χ2v) is 8.73. The Morgan fingerprint density at radius 2 is 2.10 bits per heavy atom. The van der Waals surface area contributed by atoms with Crippen LogP contribution < -0.4 is 11.1 Å². The summed E-state index contributed by atoms with van der Waals surface area (Å²) in [6.45, 7) is 1.75. The molecule has 1 N–H and O–H groups in total. The van der Waals surface area contributed by atoms with Gasteiger partial charge in [0.15, 0.2) is 0 Å². The number of H-pyrrole nitrogens is 1. The Kier molecular flexibility index (Phi) is 4.41. The molecule has 1 aliphatic heterocycles. The third-order valence-corrected chi connectivity index (χ3v) is 6.75. The molecule has 3 aliphatic rings. The van der Waals surface area contributed by atoms with E-state index in [4.69, 9.17) is 4.98 Å². The van der Waals surface area contributed by atoms with Crippen LogP contribution in [0.15, 0.2) is 34.0 Å². The van der Waals surface area contributed by atoms with Crippen LogP contribution >= 0.6 is 0 Å². The minimum Gasteiger partial charge on any atom is -0.342 e. The van der Waals surface area contributed by atoms with Gasteiger partial charge in [-0.2, -0.15) is 0 Å². The first-order valence-corrected chi connectivity index (χ1v) is 10.6. The van der Waals surface area contributed by atoms with Gasteiger partial charge in [0, 0.05) is 55.2 Å². The quantitative estimate of drug-likeness (QED) is 0.855. The second kappa shape index (κ2) is 6.97. The maximum atomic E-state index is 12.9. The number of amides is 1. The Morgan fingerprint density at radius 3 is 2.90 bits per heavy atom. The number of rotatable bonds is 4. The van der Waals surface area contributed by atoms with E-state index >= 15 is 0 Å². The van der Waals surface area contributed by atoms with Crippen molar-refractivity contribution >= 4 is 5.91 Å². The fraction of sp³-hybridized carbons (Fsp3) is 0.545. The molecule has 2 fully saturated rings. The second-order valence-electron chi connectivity index (χ2n) is 8.73. The molecule has 1 saturated heterocycles. The summed E-state index contributed by atoms with van der Waals surface area (Å²) in [6.07, 6.45) is 7.74. The Morgan fingerprint density at radius 1 is 1.24 bits per heavy atom. The van der Waals surface area contributed by atoms with E-state index in [1.54, 1.807) is 22.9 Å². The van der Waals surface area contributed by atoms with E-state index in [1.807, 2.05) is 4.90 Å². The first-order chi connectivity index (χ1) is 14.1. The van der Waals surface area contributed by atoms with Gasteiger partial charge in [0.05, 0.1) is 5.69 Å². The van der Waals surface area contributed by atoms with Crippen molar-refractivity contribution in [3.63, 3.8) is 0 Å². The van der Waals surface area contributed by atoms with Crippen LogP contribution in [0.1, 0.15) is 61.5 Å². The molecule has 3 heterocycles. The number of likely N-dealkylation sites (tertiary alicyclic amines) is 1. The van der Waals surface area contributed by atoms with Gasteiger partial charge in [0.2, 0.25) is 5.91 Å². The van der Waals surface area contributed by atoms with Gasteiger partial charge in [-0.05, 0) is 44.6 Å². The third kappa shape index (κ3) is 3.32. The largest absolute Gasteiger partial charge is 0.342 e. The number of aryl methyl sites for hydroxylation is 1. The molecule has 2 aromatic rings. The number of hydrogen-bond donors (Lipinski definition) is 1. The molecule has 1 spiro atoms. The molecule has 0 bridgehead atoms. The Labute approximate surface area is 168 Å². The lowest BCUT2D eigenvalue weighted by atomic mass is 9.77. The van der Waals surface area contributed by atoms with Gasteiger partial charge in [-0.3, -0.25) is 14.4 Å². The van der Waals surface area contributed by atoms with Crippen molar-refractivity contribution in [1.29, 1.82) is 0 Å². The molecular formula is C22H26N4O3. The number of fused-ring (bicyclic) bond motifs is 2. The SMILES string of the molecule is O=C(CCn1ccccc1=O)N1CCCC2(CCc3c2nc(C2CC2)[nH]c3=O)C1. The molecule has 1 atom stereocenters. The minimum atomic E-state index is -0.190. The van der Waals surface area contributed by atoms with Crippen molar-refractivity contribution < 1.29 is 4.79 Å². The number of carbonyl (C=O) groups is 1. The number of aromatic amines is 1. The average molecular weight is 394 g/mol. The Hall–Kier alpha value is -2.70. The number of nitrogens with zero attached hydrogens (tertiary/aromatic N) is 3. The van der Waals surface area contributed by atoms with Crippen LogP contribution in [-0.4, -0.2) is 38.4 Å². The van der Waals surface area contributed by atoms with Crippen LogP contribution in [0.3, 0.4) is 0 Å². The molecule has 2 aromatic heterocycles. The van der Waals surface area contributed by atoms with Gasteiger partial charge in [0.25, 0.3) is 11.1 Å². The maximum absolute atomic E-state index is 12.9. The lowest BCUT2D eigenvalue weighted by molar-refractivity contribution is -0.133. The van der Waals surface area contributed by atoms with Crippen LogP contribution in [0, 0.1) is 0 Å². The fourth-order valence-electron chi connectivity index (χ4n) is 4.98.